The average Bonchev–Trinajstić information content (AvgIpc) is 2.53. The third kappa shape index (κ3) is 5.40. The van der Waals surface area contributed by atoms with E-state index in [1.165, 1.54) is 12.1 Å². The lowest BCUT2D eigenvalue weighted by molar-refractivity contribution is -0.120. The van der Waals surface area contributed by atoms with Gasteiger partial charge in [-0.05, 0) is 54.7 Å². The monoisotopic (exact) mass is 315 g/mol. The Morgan fingerprint density at radius 2 is 1.83 bits per heavy atom. The van der Waals surface area contributed by atoms with Crippen molar-refractivity contribution in [1.82, 2.24) is 5.32 Å². The van der Waals surface area contributed by atoms with Crippen LogP contribution in [0.2, 0.25) is 0 Å². The van der Waals surface area contributed by atoms with Crippen molar-refractivity contribution < 1.29 is 13.9 Å². The van der Waals surface area contributed by atoms with Crippen molar-refractivity contribution in [3.8, 4) is 5.75 Å². The Morgan fingerprint density at radius 1 is 1.13 bits per heavy atom. The molecule has 0 radical (unpaired) electrons. The normalized spacial score (nSPS) is 10.4. The summed E-state index contributed by atoms with van der Waals surface area (Å²) >= 11 is 0. The van der Waals surface area contributed by atoms with Gasteiger partial charge in [-0.1, -0.05) is 24.3 Å². The number of ether oxygens (including phenoxy) is 1. The number of hydrogen-bond acceptors (Lipinski definition) is 2. The molecule has 0 spiro atoms. The quantitative estimate of drug-likeness (QED) is 0.795. The van der Waals surface area contributed by atoms with Crippen LogP contribution in [0.15, 0.2) is 42.5 Å². The smallest absolute Gasteiger partial charge is 0.224 e. The minimum absolute atomic E-state index is 0.00803. The van der Waals surface area contributed by atoms with Crippen molar-refractivity contribution in [2.75, 3.05) is 13.7 Å². The molecule has 1 amide bonds. The lowest BCUT2D eigenvalue weighted by Crippen LogP contribution is -2.26. The van der Waals surface area contributed by atoms with Gasteiger partial charge >= 0.3 is 0 Å². The van der Waals surface area contributed by atoms with E-state index < -0.39 is 0 Å². The molecule has 122 valence electrons. The lowest BCUT2D eigenvalue weighted by atomic mass is 10.1. The number of amides is 1. The van der Waals surface area contributed by atoms with Crippen LogP contribution in [0.25, 0.3) is 0 Å². The maximum atomic E-state index is 12.8. The van der Waals surface area contributed by atoms with Crippen LogP contribution in [0, 0.1) is 12.7 Å². The highest BCUT2D eigenvalue weighted by Gasteiger charge is 2.05. The summed E-state index contributed by atoms with van der Waals surface area (Å²) in [4.78, 5) is 11.9. The number of halogens is 1. The highest BCUT2D eigenvalue weighted by molar-refractivity contribution is 5.78. The molecule has 3 nitrogen and oxygen atoms in total. The van der Waals surface area contributed by atoms with E-state index in [1.54, 1.807) is 19.2 Å². The average molecular weight is 315 g/mol. The molecule has 0 aliphatic carbocycles. The fourth-order valence-electron chi connectivity index (χ4n) is 2.47. The first-order chi connectivity index (χ1) is 11.1. The first-order valence-corrected chi connectivity index (χ1v) is 7.73. The van der Waals surface area contributed by atoms with Gasteiger partial charge in [0, 0.05) is 6.54 Å². The molecule has 0 aromatic heterocycles. The van der Waals surface area contributed by atoms with Gasteiger partial charge in [-0.25, -0.2) is 4.39 Å². The SMILES string of the molecule is COc1ccc(CC(=O)NCCCc2ccc(F)cc2)cc1C. The minimum atomic E-state index is -0.225. The van der Waals surface area contributed by atoms with E-state index in [9.17, 15) is 9.18 Å². The summed E-state index contributed by atoms with van der Waals surface area (Å²) in [5.41, 5.74) is 3.07. The molecule has 2 aromatic rings. The van der Waals surface area contributed by atoms with Gasteiger partial charge in [0.1, 0.15) is 11.6 Å². The Labute approximate surface area is 136 Å². The van der Waals surface area contributed by atoms with Gasteiger partial charge in [-0.3, -0.25) is 4.79 Å². The van der Waals surface area contributed by atoms with Crippen molar-refractivity contribution in [3.63, 3.8) is 0 Å². The predicted molar refractivity (Wildman–Crippen MR) is 89.2 cm³/mol. The van der Waals surface area contributed by atoms with Gasteiger partial charge in [0.15, 0.2) is 0 Å². The second-order valence-corrected chi connectivity index (χ2v) is 5.56. The molecule has 0 fully saturated rings. The zero-order valence-corrected chi connectivity index (χ0v) is 13.6. The van der Waals surface area contributed by atoms with Gasteiger partial charge in [-0.2, -0.15) is 0 Å². The van der Waals surface area contributed by atoms with Crippen molar-refractivity contribution in [3.05, 3.63) is 65.0 Å². The molecule has 1 N–H and O–H groups in total. The van der Waals surface area contributed by atoms with E-state index in [0.29, 0.717) is 13.0 Å². The molecular weight excluding hydrogens is 293 g/mol. The Balaban J connectivity index is 1.72. The zero-order chi connectivity index (χ0) is 16.7. The Kier molecular flexibility index (Phi) is 6.15. The number of carbonyl (C=O) groups excluding carboxylic acids is 1. The lowest BCUT2D eigenvalue weighted by Gasteiger charge is -2.08. The number of benzene rings is 2. The summed E-state index contributed by atoms with van der Waals surface area (Å²) in [5, 5.41) is 2.92. The van der Waals surface area contributed by atoms with Crippen LogP contribution in [0.4, 0.5) is 4.39 Å². The number of aryl methyl sites for hydroxylation is 2. The van der Waals surface area contributed by atoms with Crippen LogP contribution in [-0.4, -0.2) is 19.6 Å². The molecule has 0 aliphatic heterocycles. The van der Waals surface area contributed by atoms with Gasteiger partial charge < -0.3 is 10.1 Å². The summed E-state index contributed by atoms with van der Waals surface area (Å²) in [6.07, 6.45) is 2.02. The second-order valence-electron chi connectivity index (χ2n) is 5.56. The molecule has 4 heteroatoms. The molecule has 0 saturated heterocycles. The zero-order valence-electron chi connectivity index (χ0n) is 13.6. The molecule has 0 aliphatic rings. The van der Waals surface area contributed by atoms with Gasteiger partial charge in [0.2, 0.25) is 5.91 Å². The minimum Gasteiger partial charge on any atom is -0.496 e. The number of methoxy groups -OCH3 is 1. The first-order valence-electron chi connectivity index (χ1n) is 7.73. The largest absolute Gasteiger partial charge is 0.496 e. The third-order valence-corrected chi connectivity index (χ3v) is 3.70. The number of hydrogen-bond donors (Lipinski definition) is 1. The van der Waals surface area contributed by atoms with Crippen LogP contribution in [0.3, 0.4) is 0 Å². The van der Waals surface area contributed by atoms with Gasteiger partial charge in [-0.15, -0.1) is 0 Å². The summed E-state index contributed by atoms with van der Waals surface area (Å²) in [6, 6.07) is 12.2. The predicted octanol–water partition coefficient (Wildman–Crippen LogP) is 3.43. The van der Waals surface area contributed by atoms with Crippen molar-refractivity contribution in [2.45, 2.75) is 26.2 Å². The summed E-state index contributed by atoms with van der Waals surface area (Å²) in [5.74, 6) is 0.610. The highest BCUT2D eigenvalue weighted by Crippen LogP contribution is 2.18. The Bertz CT molecular complexity index is 653. The Hall–Kier alpha value is -2.36. The third-order valence-electron chi connectivity index (χ3n) is 3.70. The van der Waals surface area contributed by atoms with Crippen LogP contribution in [0.5, 0.6) is 5.75 Å². The van der Waals surface area contributed by atoms with E-state index in [4.69, 9.17) is 4.74 Å². The second kappa shape index (κ2) is 8.32. The molecule has 0 heterocycles. The fraction of sp³-hybridized carbons (Fsp3) is 0.316. The van der Waals surface area contributed by atoms with Gasteiger partial charge in [0.05, 0.1) is 13.5 Å². The number of rotatable bonds is 7. The standard InChI is InChI=1S/C19H22FNO2/c1-14-12-16(7-10-18(14)23-2)13-19(22)21-11-3-4-15-5-8-17(20)9-6-15/h5-10,12H,3-4,11,13H2,1-2H3,(H,21,22). The van der Waals surface area contributed by atoms with Crippen LogP contribution < -0.4 is 10.1 Å². The van der Waals surface area contributed by atoms with Crippen molar-refractivity contribution in [1.29, 1.82) is 0 Å². The van der Waals surface area contributed by atoms with E-state index in [0.717, 1.165) is 35.3 Å². The van der Waals surface area contributed by atoms with Crippen LogP contribution >= 0.6 is 0 Å². The summed E-state index contributed by atoms with van der Waals surface area (Å²) in [7, 11) is 1.63. The van der Waals surface area contributed by atoms with Crippen LogP contribution in [0.1, 0.15) is 23.1 Å². The molecule has 0 bridgehead atoms. The van der Waals surface area contributed by atoms with Crippen molar-refractivity contribution in [2.24, 2.45) is 0 Å². The molecule has 0 unspecified atom stereocenters. The van der Waals surface area contributed by atoms with E-state index >= 15 is 0 Å². The summed E-state index contributed by atoms with van der Waals surface area (Å²) in [6.45, 7) is 2.58. The molecule has 0 saturated carbocycles. The molecular formula is C19H22FNO2. The Morgan fingerprint density at radius 3 is 2.48 bits per heavy atom. The topological polar surface area (TPSA) is 38.3 Å². The first kappa shape index (κ1) is 17.0. The molecule has 2 aromatic carbocycles. The number of nitrogens with one attached hydrogen (secondary N) is 1. The van der Waals surface area contributed by atoms with E-state index in [-0.39, 0.29) is 11.7 Å². The van der Waals surface area contributed by atoms with Crippen LogP contribution in [-0.2, 0) is 17.6 Å². The van der Waals surface area contributed by atoms with Gasteiger partial charge in [0.25, 0.3) is 0 Å². The van der Waals surface area contributed by atoms with Crippen molar-refractivity contribution >= 4 is 5.91 Å². The maximum Gasteiger partial charge on any atom is 0.224 e. The number of carbonyl (C=O) groups is 1. The van der Waals surface area contributed by atoms with E-state index in [1.807, 2.05) is 25.1 Å². The van der Waals surface area contributed by atoms with E-state index in [2.05, 4.69) is 5.32 Å². The molecule has 23 heavy (non-hydrogen) atoms. The maximum absolute atomic E-state index is 12.8. The summed E-state index contributed by atoms with van der Waals surface area (Å²) < 4.78 is 18.0. The molecule has 0 atom stereocenters. The molecule has 2 rings (SSSR count). The fourth-order valence-corrected chi connectivity index (χ4v) is 2.47. The highest BCUT2D eigenvalue weighted by atomic mass is 19.1.